The van der Waals surface area contributed by atoms with Crippen molar-refractivity contribution in [2.45, 2.75) is 32.4 Å². The average molecular weight is 490 g/mol. The van der Waals surface area contributed by atoms with Gasteiger partial charge in [-0.25, -0.2) is 0 Å². The summed E-state index contributed by atoms with van der Waals surface area (Å²) in [5.74, 6) is -1.95. The number of alkyl halides is 3. The molecule has 3 rings (SSSR count). The lowest BCUT2D eigenvalue weighted by Crippen LogP contribution is -2.40. The maximum Gasteiger partial charge on any atom is 0.416 e. The number of likely N-dealkylation sites (tertiary alicyclic amines) is 1. The van der Waals surface area contributed by atoms with Crippen LogP contribution in [-0.4, -0.2) is 48.2 Å². The predicted molar refractivity (Wildman–Crippen MR) is 121 cm³/mol. The summed E-state index contributed by atoms with van der Waals surface area (Å²) in [6.45, 7) is 1.80. The molecule has 0 aliphatic carbocycles. The molecule has 0 radical (unpaired) electrons. The van der Waals surface area contributed by atoms with Gasteiger partial charge >= 0.3 is 12.1 Å². The monoisotopic (exact) mass is 490 g/mol. The molecule has 2 aromatic rings. The number of ether oxygens (including phenoxy) is 1. The summed E-state index contributed by atoms with van der Waals surface area (Å²) in [6, 6.07) is 10.3. The predicted octanol–water partition coefficient (Wildman–Crippen LogP) is 4.33. The molecule has 0 spiro atoms. The van der Waals surface area contributed by atoms with Gasteiger partial charge in [0.05, 0.1) is 11.5 Å². The van der Waals surface area contributed by atoms with Crippen molar-refractivity contribution in [3.05, 3.63) is 65.2 Å². The molecule has 1 N–H and O–H groups in total. The van der Waals surface area contributed by atoms with Gasteiger partial charge in [-0.3, -0.25) is 19.2 Å². The molecule has 2 aromatic carbocycles. The lowest BCUT2D eigenvalue weighted by Gasteiger charge is -2.31. The number of Topliss-reactive ketones (excluding diaryl/α,β-unsaturated/α-hetero) is 1. The average Bonchev–Trinajstić information content (AvgIpc) is 2.86. The highest BCUT2D eigenvalue weighted by Gasteiger charge is 2.32. The number of nitrogens with zero attached hydrogens (tertiary/aromatic N) is 1. The van der Waals surface area contributed by atoms with Crippen LogP contribution in [-0.2, 0) is 20.5 Å². The van der Waals surface area contributed by atoms with E-state index in [0.29, 0.717) is 30.5 Å². The van der Waals surface area contributed by atoms with E-state index in [2.05, 4.69) is 5.32 Å². The molecule has 2 amide bonds. The van der Waals surface area contributed by atoms with Crippen LogP contribution in [0.5, 0.6) is 0 Å². The van der Waals surface area contributed by atoms with Crippen LogP contribution in [0.2, 0.25) is 0 Å². The van der Waals surface area contributed by atoms with Crippen molar-refractivity contribution >= 4 is 29.3 Å². The first kappa shape index (κ1) is 25.9. The second-order valence-corrected chi connectivity index (χ2v) is 8.15. The highest BCUT2D eigenvalue weighted by atomic mass is 19.4. The number of esters is 1. The maximum atomic E-state index is 12.7. The molecule has 0 aromatic heterocycles. The van der Waals surface area contributed by atoms with Crippen LogP contribution in [0.4, 0.5) is 18.9 Å². The Hall–Kier alpha value is -3.69. The Bertz CT molecular complexity index is 1070. The highest BCUT2D eigenvalue weighted by Crippen LogP contribution is 2.29. The number of amides is 2. The third-order valence-corrected chi connectivity index (χ3v) is 5.73. The van der Waals surface area contributed by atoms with E-state index in [9.17, 15) is 32.3 Å². The molecule has 35 heavy (non-hydrogen) atoms. The van der Waals surface area contributed by atoms with E-state index in [1.54, 1.807) is 19.1 Å². The minimum absolute atomic E-state index is 0.143. The molecule has 0 bridgehead atoms. The molecule has 10 heteroatoms. The molecule has 1 fully saturated rings. The van der Waals surface area contributed by atoms with E-state index < -0.39 is 36.1 Å². The molecule has 0 atom stereocenters. The van der Waals surface area contributed by atoms with Crippen molar-refractivity contribution in [1.29, 1.82) is 0 Å². The van der Waals surface area contributed by atoms with Crippen LogP contribution < -0.4 is 5.32 Å². The van der Waals surface area contributed by atoms with Crippen molar-refractivity contribution in [2.75, 3.05) is 25.0 Å². The first-order chi connectivity index (χ1) is 16.6. The van der Waals surface area contributed by atoms with Gasteiger partial charge in [-0.15, -0.1) is 0 Å². The molecule has 7 nitrogen and oxygen atoms in total. The van der Waals surface area contributed by atoms with Crippen molar-refractivity contribution in [1.82, 2.24) is 4.90 Å². The Morgan fingerprint density at radius 1 is 0.943 bits per heavy atom. The first-order valence-corrected chi connectivity index (χ1v) is 11.1. The zero-order valence-electron chi connectivity index (χ0n) is 19.1. The van der Waals surface area contributed by atoms with Crippen molar-refractivity contribution in [3.63, 3.8) is 0 Å². The van der Waals surface area contributed by atoms with Crippen molar-refractivity contribution in [2.24, 2.45) is 5.92 Å². The Labute approximate surface area is 200 Å². The Morgan fingerprint density at radius 3 is 2.06 bits per heavy atom. The SMILES string of the molecule is CCC(=O)Nc1ccc(C(=O)COC(=O)C2CCN(C(=O)c3ccc(C(F)(F)F)cc3)CC2)cc1. The fourth-order valence-corrected chi connectivity index (χ4v) is 3.63. The van der Waals surface area contributed by atoms with Gasteiger partial charge in [-0.2, -0.15) is 13.2 Å². The van der Waals surface area contributed by atoms with E-state index in [1.807, 2.05) is 0 Å². The largest absolute Gasteiger partial charge is 0.457 e. The number of anilines is 1. The molecule has 0 saturated carbocycles. The third kappa shape index (κ3) is 6.91. The van der Waals surface area contributed by atoms with Gasteiger partial charge < -0.3 is 15.0 Å². The van der Waals surface area contributed by atoms with Crippen LogP contribution in [0.3, 0.4) is 0 Å². The second-order valence-electron chi connectivity index (χ2n) is 8.15. The summed E-state index contributed by atoms with van der Waals surface area (Å²) in [4.78, 5) is 50.2. The summed E-state index contributed by atoms with van der Waals surface area (Å²) in [5, 5.41) is 2.67. The number of nitrogens with one attached hydrogen (secondary N) is 1. The smallest absolute Gasteiger partial charge is 0.416 e. The van der Waals surface area contributed by atoms with Crippen LogP contribution in [0.1, 0.15) is 52.5 Å². The number of benzene rings is 2. The first-order valence-electron chi connectivity index (χ1n) is 11.1. The number of piperidine rings is 1. The normalized spacial score (nSPS) is 14.3. The molecule has 1 aliphatic heterocycles. The standard InChI is InChI=1S/C25H25F3N2O5/c1-2-22(32)29-20-9-5-16(6-10-20)21(31)15-35-24(34)18-11-13-30(14-12-18)23(33)17-3-7-19(8-4-17)25(26,27)28/h3-10,18H,2,11-15H2,1H3,(H,29,32). The van der Waals surface area contributed by atoms with E-state index >= 15 is 0 Å². The topological polar surface area (TPSA) is 92.8 Å². The summed E-state index contributed by atoms with van der Waals surface area (Å²) >= 11 is 0. The summed E-state index contributed by atoms with van der Waals surface area (Å²) < 4.78 is 43.3. The summed E-state index contributed by atoms with van der Waals surface area (Å²) in [5.41, 5.74) is 0.210. The van der Waals surface area contributed by atoms with Gasteiger partial charge in [0.15, 0.2) is 12.4 Å². The molecule has 1 heterocycles. The Balaban J connectivity index is 1.45. The lowest BCUT2D eigenvalue weighted by atomic mass is 9.96. The van der Waals surface area contributed by atoms with Gasteiger partial charge in [-0.05, 0) is 61.4 Å². The van der Waals surface area contributed by atoms with E-state index in [0.717, 1.165) is 24.3 Å². The third-order valence-electron chi connectivity index (χ3n) is 5.73. The van der Waals surface area contributed by atoms with Gasteiger partial charge in [-0.1, -0.05) is 6.92 Å². The zero-order valence-corrected chi connectivity index (χ0v) is 19.1. The van der Waals surface area contributed by atoms with Crippen LogP contribution >= 0.6 is 0 Å². The van der Waals surface area contributed by atoms with E-state index in [-0.39, 0.29) is 30.3 Å². The molecule has 0 unspecified atom stereocenters. The number of hydrogen-bond acceptors (Lipinski definition) is 5. The fraction of sp³-hybridized carbons (Fsp3) is 0.360. The van der Waals surface area contributed by atoms with Crippen LogP contribution in [0, 0.1) is 5.92 Å². The molecule has 186 valence electrons. The van der Waals surface area contributed by atoms with Gasteiger partial charge in [0.25, 0.3) is 5.91 Å². The molecular weight excluding hydrogens is 465 g/mol. The lowest BCUT2D eigenvalue weighted by molar-refractivity contribution is -0.148. The van der Waals surface area contributed by atoms with Gasteiger partial charge in [0.1, 0.15) is 0 Å². The fourth-order valence-electron chi connectivity index (χ4n) is 3.63. The second kappa shape index (κ2) is 11.2. The van der Waals surface area contributed by atoms with Crippen molar-refractivity contribution < 1.29 is 37.1 Å². The number of rotatable bonds is 7. The molecular formula is C25H25F3N2O5. The Kier molecular flexibility index (Phi) is 8.26. The zero-order chi connectivity index (χ0) is 25.6. The number of carbonyl (C=O) groups excluding carboxylic acids is 4. The quantitative estimate of drug-likeness (QED) is 0.461. The maximum absolute atomic E-state index is 12.7. The van der Waals surface area contributed by atoms with Crippen LogP contribution in [0.15, 0.2) is 48.5 Å². The number of carbonyl (C=O) groups is 4. The van der Waals surface area contributed by atoms with Gasteiger partial charge in [0, 0.05) is 36.3 Å². The van der Waals surface area contributed by atoms with E-state index in [4.69, 9.17) is 4.74 Å². The Morgan fingerprint density at radius 2 is 1.51 bits per heavy atom. The summed E-state index contributed by atoms with van der Waals surface area (Å²) in [6.07, 6.45) is -3.49. The van der Waals surface area contributed by atoms with Gasteiger partial charge in [0.2, 0.25) is 5.91 Å². The molecule has 1 saturated heterocycles. The molecule has 1 aliphatic rings. The number of hydrogen-bond donors (Lipinski definition) is 1. The number of halogens is 3. The minimum atomic E-state index is -4.47. The van der Waals surface area contributed by atoms with Crippen molar-refractivity contribution in [3.8, 4) is 0 Å². The number of ketones is 1. The summed E-state index contributed by atoms with van der Waals surface area (Å²) in [7, 11) is 0. The van der Waals surface area contributed by atoms with E-state index in [1.165, 1.54) is 17.0 Å². The van der Waals surface area contributed by atoms with Crippen LogP contribution in [0.25, 0.3) is 0 Å². The minimum Gasteiger partial charge on any atom is -0.457 e. The highest BCUT2D eigenvalue weighted by molar-refractivity contribution is 5.99.